The maximum absolute atomic E-state index is 8.70. The molecule has 15 heavy (non-hydrogen) atoms. The van der Waals surface area contributed by atoms with Crippen LogP contribution in [0.2, 0.25) is 0 Å². The SMILES string of the molecule is CN(C)CCN1CCCNC(CC#N)C1. The van der Waals surface area contributed by atoms with Crippen LogP contribution in [0.15, 0.2) is 0 Å². The predicted octanol–water partition coefficient (Wildman–Crippen LogP) is 0.126. The highest BCUT2D eigenvalue weighted by Gasteiger charge is 2.16. The van der Waals surface area contributed by atoms with E-state index in [0.29, 0.717) is 12.5 Å². The smallest absolute Gasteiger partial charge is 0.0638 e. The average molecular weight is 210 g/mol. The highest BCUT2D eigenvalue weighted by molar-refractivity contribution is 4.85. The number of nitriles is 1. The fourth-order valence-electron chi connectivity index (χ4n) is 1.87. The Kier molecular flexibility index (Phi) is 5.62. The molecule has 1 heterocycles. The average Bonchev–Trinajstić information content (AvgIpc) is 2.41. The van der Waals surface area contributed by atoms with E-state index >= 15 is 0 Å². The van der Waals surface area contributed by atoms with E-state index in [9.17, 15) is 0 Å². The Morgan fingerprint density at radius 1 is 1.53 bits per heavy atom. The molecular weight excluding hydrogens is 188 g/mol. The quantitative estimate of drug-likeness (QED) is 0.716. The van der Waals surface area contributed by atoms with Crippen molar-refractivity contribution in [3.05, 3.63) is 0 Å². The molecule has 1 aliphatic heterocycles. The summed E-state index contributed by atoms with van der Waals surface area (Å²) in [5, 5.41) is 12.1. The van der Waals surface area contributed by atoms with Crippen LogP contribution in [0.4, 0.5) is 0 Å². The van der Waals surface area contributed by atoms with Gasteiger partial charge in [-0.1, -0.05) is 0 Å². The lowest BCUT2D eigenvalue weighted by molar-refractivity contribution is 0.237. The van der Waals surface area contributed by atoms with E-state index in [1.54, 1.807) is 0 Å². The van der Waals surface area contributed by atoms with Crippen molar-refractivity contribution in [2.24, 2.45) is 0 Å². The zero-order valence-corrected chi connectivity index (χ0v) is 9.87. The summed E-state index contributed by atoms with van der Waals surface area (Å²) in [7, 11) is 4.20. The summed E-state index contributed by atoms with van der Waals surface area (Å²) in [5.74, 6) is 0. The Bertz CT molecular complexity index is 209. The van der Waals surface area contributed by atoms with Crippen LogP contribution in [0, 0.1) is 11.3 Å². The molecule has 0 aromatic rings. The standard InChI is InChI=1S/C11H22N4/c1-14(2)8-9-15-7-3-6-13-11(10-15)4-5-12/h11,13H,3-4,6-10H2,1-2H3. The number of likely N-dealkylation sites (N-methyl/N-ethyl adjacent to an activating group) is 1. The molecule has 4 nitrogen and oxygen atoms in total. The van der Waals surface area contributed by atoms with Crippen molar-refractivity contribution in [2.45, 2.75) is 18.9 Å². The second-order valence-corrected chi connectivity index (χ2v) is 4.47. The summed E-state index contributed by atoms with van der Waals surface area (Å²) in [6.45, 7) is 5.42. The van der Waals surface area contributed by atoms with Gasteiger partial charge >= 0.3 is 0 Å². The van der Waals surface area contributed by atoms with Gasteiger partial charge in [-0.25, -0.2) is 0 Å². The molecule has 0 spiro atoms. The van der Waals surface area contributed by atoms with Crippen LogP contribution in [-0.4, -0.2) is 62.7 Å². The number of nitrogens with one attached hydrogen (secondary N) is 1. The minimum Gasteiger partial charge on any atom is -0.312 e. The highest BCUT2D eigenvalue weighted by atomic mass is 15.2. The Morgan fingerprint density at radius 3 is 3.00 bits per heavy atom. The largest absolute Gasteiger partial charge is 0.312 e. The molecule has 1 rings (SSSR count). The van der Waals surface area contributed by atoms with Gasteiger partial charge in [0.1, 0.15) is 0 Å². The number of rotatable bonds is 4. The van der Waals surface area contributed by atoms with E-state index < -0.39 is 0 Å². The second kappa shape index (κ2) is 6.78. The lowest BCUT2D eigenvalue weighted by atomic mass is 10.2. The van der Waals surface area contributed by atoms with Gasteiger partial charge in [0.2, 0.25) is 0 Å². The molecule has 1 unspecified atom stereocenters. The van der Waals surface area contributed by atoms with E-state index in [1.165, 1.54) is 6.42 Å². The van der Waals surface area contributed by atoms with Crippen molar-refractivity contribution in [3.8, 4) is 6.07 Å². The van der Waals surface area contributed by atoms with E-state index in [1.807, 2.05) is 0 Å². The molecule has 1 atom stereocenters. The molecule has 0 aromatic carbocycles. The van der Waals surface area contributed by atoms with Crippen LogP contribution in [0.1, 0.15) is 12.8 Å². The molecular formula is C11H22N4. The molecule has 1 fully saturated rings. The first kappa shape index (κ1) is 12.4. The van der Waals surface area contributed by atoms with Crippen molar-refractivity contribution in [2.75, 3.05) is 46.8 Å². The monoisotopic (exact) mass is 210 g/mol. The van der Waals surface area contributed by atoms with Crippen LogP contribution in [0.3, 0.4) is 0 Å². The van der Waals surface area contributed by atoms with Gasteiger partial charge < -0.3 is 15.1 Å². The summed E-state index contributed by atoms with van der Waals surface area (Å²) < 4.78 is 0. The lowest BCUT2D eigenvalue weighted by Crippen LogP contribution is -2.39. The molecule has 1 N–H and O–H groups in total. The van der Waals surface area contributed by atoms with Gasteiger partial charge in [0.05, 0.1) is 12.5 Å². The Hall–Kier alpha value is -0.630. The van der Waals surface area contributed by atoms with E-state index in [-0.39, 0.29) is 0 Å². The number of hydrogen-bond donors (Lipinski definition) is 1. The molecule has 0 aromatic heterocycles. The normalized spacial score (nSPS) is 23.7. The van der Waals surface area contributed by atoms with Gasteiger partial charge in [-0.15, -0.1) is 0 Å². The van der Waals surface area contributed by atoms with Crippen molar-refractivity contribution in [3.63, 3.8) is 0 Å². The van der Waals surface area contributed by atoms with Crippen LogP contribution in [0.25, 0.3) is 0 Å². The van der Waals surface area contributed by atoms with E-state index in [2.05, 4.69) is 35.3 Å². The summed E-state index contributed by atoms with van der Waals surface area (Å²) in [4.78, 5) is 4.67. The highest BCUT2D eigenvalue weighted by Crippen LogP contribution is 2.03. The molecule has 86 valence electrons. The Balaban J connectivity index is 2.32. The Morgan fingerprint density at radius 2 is 2.33 bits per heavy atom. The fraction of sp³-hybridized carbons (Fsp3) is 0.909. The molecule has 0 saturated carbocycles. The fourth-order valence-corrected chi connectivity index (χ4v) is 1.87. The van der Waals surface area contributed by atoms with Gasteiger partial charge in [-0.2, -0.15) is 5.26 Å². The molecule has 1 saturated heterocycles. The molecule has 4 heteroatoms. The van der Waals surface area contributed by atoms with Crippen LogP contribution >= 0.6 is 0 Å². The first-order chi connectivity index (χ1) is 7.22. The van der Waals surface area contributed by atoms with Crippen molar-refractivity contribution >= 4 is 0 Å². The topological polar surface area (TPSA) is 42.3 Å². The molecule has 1 aliphatic rings. The second-order valence-electron chi connectivity index (χ2n) is 4.47. The van der Waals surface area contributed by atoms with E-state index in [4.69, 9.17) is 5.26 Å². The minimum absolute atomic E-state index is 0.361. The van der Waals surface area contributed by atoms with Crippen molar-refractivity contribution < 1.29 is 0 Å². The molecule has 0 radical (unpaired) electrons. The summed E-state index contributed by atoms with van der Waals surface area (Å²) in [6.07, 6.45) is 1.81. The van der Waals surface area contributed by atoms with Gasteiger partial charge in [-0.3, -0.25) is 0 Å². The number of nitrogens with zero attached hydrogens (tertiary/aromatic N) is 3. The van der Waals surface area contributed by atoms with Crippen molar-refractivity contribution in [1.29, 1.82) is 5.26 Å². The summed E-state index contributed by atoms with van der Waals surface area (Å²) in [6, 6.07) is 2.61. The first-order valence-corrected chi connectivity index (χ1v) is 5.70. The van der Waals surface area contributed by atoms with Gasteiger partial charge in [0, 0.05) is 25.7 Å². The van der Waals surface area contributed by atoms with E-state index in [0.717, 1.165) is 32.7 Å². The third-order valence-electron chi connectivity index (χ3n) is 2.76. The van der Waals surface area contributed by atoms with Gasteiger partial charge in [-0.05, 0) is 33.6 Å². The molecule has 0 bridgehead atoms. The maximum Gasteiger partial charge on any atom is 0.0638 e. The third-order valence-corrected chi connectivity index (χ3v) is 2.76. The molecule has 0 aliphatic carbocycles. The zero-order valence-electron chi connectivity index (χ0n) is 9.87. The molecule has 0 amide bonds. The van der Waals surface area contributed by atoms with Gasteiger partial charge in [0.25, 0.3) is 0 Å². The van der Waals surface area contributed by atoms with Crippen LogP contribution < -0.4 is 5.32 Å². The maximum atomic E-state index is 8.70. The minimum atomic E-state index is 0.361. The van der Waals surface area contributed by atoms with Crippen LogP contribution in [-0.2, 0) is 0 Å². The number of hydrogen-bond acceptors (Lipinski definition) is 4. The summed E-state index contributed by atoms with van der Waals surface area (Å²) >= 11 is 0. The van der Waals surface area contributed by atoms with Crippen molar-refractivity contribution in [1.82, 2.24) is 15.1 Å². The zero-order chi connectivity index (χ0) is 11.1. The third kappa shape index (κ3) is 5.12. The lowest BCUT2D eigenvalue weighted by Gasteiger charge is -2.24. The first-order valence-electron chi connectivity index (χ1n) is 5.70. The van der Waals surface area contributed by atoms with Gasteiger partial charge in [0.15, 0.2) is 0 Å². The predicted molar refractivity (Wildman–Crippen MR) is 61.6 cm³/mol. The Labute approximate surface area is 92.8 Å². The summed E-state index contributed by atoms with van der Waals surface area (Å²) in [5.41, 5.74) is 0. The van der Waals surface area contributed by atoms with Crippen LogP contribution in [0.5, 0.6) is 0 Å².